The largest absolute Gasteiger partial charge is 0.352 e. The van der Waals surface area contributed by atoms with Crippen LogP contribution in [0.4, 0.5) is 0 Å². The molecule has 3 N–H and O–H groups in total. The van der Waals surface area contributed by atoms with Crippen molar-refractivity contribution in [3.05, 3.63) is 35.4 Å². The van der Waals surface area contributed by atoms with Gasteiger partial charge in [0.1, 0.15) is 6.04 Å². The Kier molecular flexibility index (Phi) is 7.42. The smallest absolute Gasteiger partial charge is 0.251 e. The van der Waals surface area contributed by atoms with Gasteiger partial charge in [-0.1, -0.05) is 31.5 Å². The maximum Gasteiger partial charge on any atom is 0.251 e. The Morgan fingerprint density at radius 1 is 0.958 bits per heavy atom. The molecule has 0 heterocycles. The Bertz CT molecular complexity index is 580. The summed E-state index contributed by atoms with van der Waals surface area (Å²) in [5.41, 5.74) is 1.55. The van der Waals surface area contributed by atoms with Gasteiger partial charge in [0.15, 0.2) is 0 Å². The van der Waals surface area contributed by atoms with Crippen LogP contribution in [0.5, 0.6) is 0 Å². The van der Waals surface area contributed by atoms with E-state index in [1.807, 2.05) is 46.8 Å². The Morgan fingerprint density at radius 3 is 2.04 bits per heavy atom. The third kappa shape index (κ3) is 6.40. The third-order valence-electron chi connectivity index (χ3n) is 3.42. The van der Waals surface area contributed by atoms with Crippen LogP contribution in [-0.4, -0.2) is 36.3 Å². The van der Waals surface area contributed by atoms with E-state index in [0.717, 1.165) is 5.56 Å². The fraction of sp³-hybridized carbons (Fsp3) is 0.500. The first-order valence-corrected chi connectivity index (χ1v) is 8.15. The minimum absolute atomic E-state index is 0.0107. The SMILES string of the molecule is Cc1ccc(C(=O)NC(C(=O)NCC(=O)NC(C)C)C(C)C)cc1. The topological polar surface area (TPSA) is 87.3 Å². The summed E-state index contributed by atoms with van der Waals surface area (Å²) in [6.45, 7) is 9.20. The second-order valence-corrected chi connectivity index (χ2v) is 6.50. The van der Waals surface area contributed by atoms with Crippen molar-refractivity contribution in [2.45, 2.75) is 46.7 Å². The first kappa shape index (κ1) is 19.7. The minimum atomic E-state index is -0.703. The van der Waals surface area contributed by atoms with Crippen molar-refractivity contribution in [2.75, 3.05) is 6.54 Å². The van der Waals surface area contributed by atoms with E-state index in [1.54, 1.807) is 12.1 Å². The van der Waals surface area contributed by atoms with Crippen molar-refractivity contribution < 1.29 is 14.4 Å². The fourth-order valence-corrected chi connectivity index (χ4v) is 2.11. The van der Waals surface area contributed by atoms with E-state index in [1.165, 1.54) is 0 Å². The van der Waals surface area contributed by atoms with Gasteiger partial charge >= 0.3 is 0 Å². The van der Waals surface area contributed by atoms with Crippen molar-refractivity contribution in [1.82, 2.24) is 16.0 Å². The van der Waals surface area contributed by atoms with Crippen LogP contribution < -0.4 is 16.0 Å². The van der Waals surface area contributed by atoms with Crippen LogP contribution in [0.3, 0.4) is 0 Å². The quantitative estimate of drug-likeness (QED) is 0.705. The molecule has 0 spiro atoms. The molecule has 3 amide bonds. The van der Waals surface area contributed by atoms with E-state index in [2.05, 4.69) is 16.0 Å². The van der Waals surface area contributed by atoms with Gasteiger partial charge in [-0.2, -0.15) is 0 Å². The first-order valence-electron chi connectivity index (χ1n) is 8.15. The van der Waals surface area contributed by atoms with Gasteiger partial charge in [-0.05, 0) is 38.8 Å². The van der Waals surface area contributed by atoms with Gasteiger partial charge in [0.05, 0.1) is 6.54 Å². The Balaban J connectivity index is 2.65. The molecule has 6 nitrogen and oxygen atoms in total. The number of hydrogen-bond acceptors (Lipinski definition) is 3. The molecule has 0 saturated carbocycles. The normalized spacial score (nSPS) is 12.0. The van der Waals surface area contributed by atoms with Gasteiger partial charge in [-0.3, -0.25) is 14.4 Å². The van der Waals surface area contributed by atoms with E-state index in [0.29, 0.717) is 5.56 Å². The maximum absolute atomic E-state index is 12.3. The van der Waals surface area contributed by atoms with Gasteiger partial charge in [-0.25, -0.2) is 0 Å². The standard InChI is InChI=1S/C18H27N3O3/c1-11(2)16(18(24)19-10-15(22)20-12(3)4)21-17(23)14-8-6-13(5)7-9-14/h6-9,11-12,16H,10H2,1-5H3,(H,19,24)(H,20,22)(H,21,23). The van der Waals surface area contributed by atoms with E-state index in [4.69, 9.17) is 0 Å². The number of carbonyl (C=O) groups is 3. The molecule has 6 heteroatoms. The van der Waals surface area contributed by atoms with Crippen LogP contribution in [0.15, 0.2) is 24.3 Å². The molecule has 1 aromatic rings. The van der Waals surface area contributed by atoms with E-state index in [-0.39, 0.29) is 36.2 Å². The average Bonchev–Trinajstić information content (AvgIpc) is 2.49. The molecule has 0 aromatic heterocycles. The van der Waals surface area contributed by atoms with E-state index in [9.17, 15) is 14.4 Å². The van der Waals surface area contributed by atoms with Crippen molar-refractivity contribution in [1.29, 1.82) is 0 Å². The second-order valence-electron chi connectivity index (χ2n) is 6.50. The predicted octanol–water partition coefficient (Wildman–Crippen LogP) is 1.39. The maximum atomic E-state index is 12.3. The van der Waals surface area contributed by atoms with Crippen LogP contribution in [-0.2, 0) is 9.59 Å². The number of benzene rings is 1. The number of rotatable bonds is 7. The van der Waals surface area contributed by atoms with Gasteiger partial charge in [0, 0.05) is 11.6 Å². The molecule has 1 aromatic carbocycles. The molecule has 0 aliphatic heterocycles. The summed E-state index contributed by atoms with van der Waals surface area (Å²) < 4.78 is 0. The van der Waals surface area contributed by atoms with Gasteiger partial charge in [-0.15, -0.1) is 0 Å². The summed E-state index contributed by atoms with van der Waals surface area (Å²) in [4.78, 5) is 36.2. The fourth-order valence-electron chi connectivity index (χ4n) is 2.11. The summed E-state index contributed by atoms with van der Waals surface area (Å²) in [6, 6.07) is 6.43. The Morgan fingerprint density at radius 2 is 1.54 bits per heavy atom. The Hall–Kier alpha value is -2.37. The molecular formula is C18H27N3O3. The van der Waals surface area contributed by atoms with Crippen LogP contribution in [0.25, 0.3) is 0 Å². The molecule has 0 bridgehead atoms. The molecule has 0 aliphatic carbocycles. The molecule has 0 aliphatic rings. The van der Waals surface area contributed by atoms with Gasteiger partial charge < -0.3 is 16.0 Å². The molecule has 132 valence electrons. The van der Waals surface area contributed by atoms with Crippen LogP contribution in [0, 0.1) is 12.8 Å². The van der Waals surface area contributed by atoms with Gasteiger partial charge in [0.2, 0.25) is 11.8 Å². The lowest BCUT2D eigenvalue weighted by Gasteiger charge is -2.22. The molecule has 0 saturated heterocycles. The molecule has 24 heavy (non-hydrogen) atoms. The number of nitrogens with one attached hydrogen (secondary N) is 3. The highest BCUT2D eigenvalue weighted by atomic mass is 16.2. The zero-order valence-corrected chi connectivity index (χ0v) is 15.0. The van der Waals surface area contributed by atoms with Crippen molar-refractivity contribution in [3.63, 3.8) is 0 Å². The predicted molar refractivity (Wildman–Crippen MR) is 93.6 cm³/mol. The molecule has 1 unspecified atom stereocenters. The number of carbonyl (C=O) groups excluding carboxylic acids is 3. The van der Waals surface area contributed by atoms with Crippen LogP contribution in [0.1, 0.15) is 43.6 Å². The molecule has 0 radical (unpaired) electrons. The molecule has 1 rings (SSSR count). The Labute approximate surface area is 143 Å². The van der Waals surface area contributed by atoms with Crippen molar-refractivity contribution >= 4 is 17.7 Å². The summed E-state index contributed by atoms with van der Waals surface area (Å²) >= 11 is 0. The summed E-state index contributed by atoms with van der Waals surface area (Å²) in [7, 11) is 0. The van der Waals surface area contributed by atoms with Crippen LogP contribution >= 0.6 is 0 Å². The highest BCUT2D eigenvalue weighted by Crippen LogP contribution is 2.07. The summed E-state index contributed by atoms with van der Waals surface area (Å²) in [5.74, 6) is -1.04. The van der Waals surface area contributed by atoms with Crippen molar-refractivity contribution in [3.8, 4) is 0 Å². The lowest BCUT2D eigenvalue weighted by molar-refractivity contribution is -0.128. The highest BCUT2D eigenvalue weighted by Gasteiger charge is 2.25. The lowest BCUT2D eigenvalue weighted by atomic mass is 10.0. The summed E-state index contributed by atoms with van der Waals surface area (Å²) in [6.07, 6.45) is 0. The highest BCUT2D eigenvalue weighted by molar-refractivity contribution is 5.98. The van der Waals surface area contributed by atoms with E-state index >= 15 is 0 Å². The van der Waals surface area contributed by atoms with Crippen molar-refractivity contribution in [2.24, 2.45) is 5.92 Å². The molecular weight excluding hydrogens is 306 g/mol. The number of aryl methyl sites for hydroxylation is 1. The van der Waals surface area contributed by atoms with E-state index < -0.39 is 6.04 Å². The first-order chi connectivity index (χ1) is 11.2. The summed E-state index contributed by atoms with van der Waals surface area (Å²) in [5, 5.41) is 8.00. The van der Waals surface area contributed by atoms with Gasteiger partial charge in [0.25, 0.3) is 5.91 Å². The van der Waals surface area contributed by atoms with Crippen LogP contribution in [0.2, 0.25) is 0 Å². The molecule has 1 atom stereocenters. The minimum Gasteiger partial charge on any atom is -0.352 e. The zero-order valence-electron chi connectivity index (χ0n) is 15.0. The average molecular weight is 333 g/mol. The third-order valence-corrected chi connectivity index (χ3v) is 3.42. The monoisotopic (exact) mass is 333 g/mol. The second kappa shape index (κ2) is 9.05. The number of hydrogen-bond donors (Lipinski definition) is 3. The lowest BCUT2D eigenvalue weighted by Crippen LogP contribution is -2.51. The number of amides is 3. The zero-order chi connectivity index (χ0) is 18.3. The molecule has 0 fully saturated rings.